The highest BCUT2D eigenvalue weighted by atomic mass is 19.1. The SMILES string of the molecule is CCN(Cc1ccccc1)C(=O)CN(C)CC(=O)Nc1cccc(F)c1. The van der Waals surface area contributed by atoms with Crippen LogP contribution < -0.4 is 5.32 Å². The average molecular weight is 357 g/mol. The molecular weight excluding hydrogens is 333 g/mol. The van der Waals surface area contributed by atoms with E-state index in [0.717, 1.165) is 5.56 Å². The lowest BCUT2D eigenvalue weighted by Crippen LogP contribution is -2.41. The van der Waals surface area contributed by atoms with Gasteiger partial charge in [0.25, 0.3) is 0 Å². The highest BCUT2D eigenvalue weighted by molar-refractivity contribution is 5.92. The van der Waals surface area contributed by atoms with Crippen LogP contribution in [0.15, 0.2) is 54.6 Å². The lowest BCUT2D eigenvalue weighted by atomic mass is 10.2. The Kier molecular flexibility index (Phi) is 7.29. The van der Waals surface area contributed by atoms with Crippen LogP contribution in [0.1, 0.15) is 12.5 Å². The molecule has 0 bridgehead atoms. The van der Waals surface area contributed by atoms with Crippen molar-refractivity contribution in [1.82, 2.24) is 9.80 Å². The van der Waals surface area contributed by atoms with Crippen LogP contribution in [-0.4, -0.2) is 48.3 Å². The van der Waals surface area contributed by atoms with Gasteiger partial charge in [-0.05, 0) is 37.7 Å². The summed E-state index contributed by atoms with van der Waals surface area (Å²) in [6.45, 7) is 3.25. The van der Waals surface area contributed by atoms with Gasteiger partial charge in [-0.1, -0.05) is 36.4 Å². The van der Waals surface area contributed by atoms with Gasteiger partial charge in [0.05, 0.1) is 13.1 Å². The highest BCUT2D eigenvalue weighted by Crippen LogP contribution is 2.09. The zero-order valence-corrected chi connectivity index (χ0v) is 15.1. The molecule has 2 rings (SSSR count). The van der Waals surface area contributed by atoms with E-state index >= 15 is 0 Å². The minimum atomic E-state index is -0.411. The number of hydrogen-bond acceptors (Lipinski definition) is 3. The Balaban J connectivity index is 1.84. The predicted molar refractivity (Wildman–Crippen MR) is 100 cm³/mol. The summed E-state index contributed by atoms with van der Waals surface area (Å²) in [5, 5.41) is 2.62. The van der Waals surface area contributed by atoms with Crippen LogP contribution in [0.2, 0.25) is 0 Å². The van der Waals surface area contributed by atoms with E-state index in [4.69, 9.17) is 0 Å². The van der Waals surface area contributed by atoms with E-state index in [2.05, 4.69) is 5.32 Å². The second-order valence-corrected chi connectivity index (χ2v) is 6.12. The molecule has 6 heteroatoms. The highest BCUT2D eigenvalue weighted by Gasteiger charge is 2.16. The van der Waals surface area contributed by atoms with E-state index in [9.17, 15) is 14.0 Å². The molecule has 0 unspecified atom stereocenters. The Bertz CT molecular complexity index is 737. The average Bonchev–Trinajstić information content (AvgIpc) is 2.60. The van der Waals surface area contributed by atoms with Gasteiger partial charge in [0.15, 0.2) is 0 Å². The molecule has 0 saturated heterocycles. The van der Waals surface area contributed by atoms with Crippen molar-refractivity contribution in [2.24, 2.45) is 0 Å². The molecular formula is C20H24FN3O2. The quantitative estimate of drug-likeness (QED) is 0.790. The van der Waals surface area contributed by atoms with Crippen LogP contribution in [0.4, 0.5) is 10.1 Å². The van der Waals surface area contributed by atoms with Gasteiger partial charge < -0.3 is 10.2 Å². The van der Waals surface area contributed by atoms with Gasteiger partial charge in [-0.3, -0.25) is 14.5 Å². The van der Waals surface area contributed by atoms with Gasteiger partial charge in [0.1, 0.15) is 5.82 Å². The van der Waals surface area contributed by atoms with Gasteiger partial charge in [-0.25, -0.2) is 4.39 Å². The van der Waals surface area contributed by atoms with Crippen LogP contribution in [0.5, 0.6) is 0 Å². The summed E-state index contributed by atoms with van der Waals surface area (Å²) < 4.78 is 13.1. The van der Waals surface area contributed by atoms with Crippen molar-refractivity contribution in [2.75, 3.05) is 32.0 Å². The van der Waals surface area contributed by atoms with Gasteiger partial charge in [0, 0.05) is 18.8 Å². The molecule has 0 atom stereocenters. The zero-order chi connectivity index (χ0) is 18.9. The van der Waals surface area contributed by atoms with Crippen molar-refractivity contribution in [3.05, 3.63) is 66.0 Å². The summed E-state index contributed by atoms with van der Waals surface area (Å²) in [6, 6.07) is 15.5. The molecule has 0 spiro atoms. The minimum Gasteiger partial charge on any atom is -0.338 e. The molecule has 2 amide bonds. The Morgan fingerprint density at radius 2 is 1.77 bits per heavy atom. The fourth-order valence-electron chi connectivity index (χ4n) is 2.58. The fraction of sp³-hybridized carbons (Fsp3) is 0.300. The number of carbonyl (C=O) groups excluding carboxylic acids is 2. The molecule has 2 aromatic rings. The zero-order valence-electron chi connectivity index (χ0n) is 15.1. The third-order valence-corrected chi connectivity index (χ3v) is 3.88. The topological polar surface area (TPSA) is 52.7 Å². The van der Waals surface area contributed by atoms with Crippen molar-refractivity contribution in [1.29, 1.82) is 0 Å². The van der Waals surface area contributed by atoms with E-state index in [1.807, 2.05) is 37.3 Å². The first-order valence-corrected chi connectivity index (χ1v) is 8.53. The Morgan fingerprint density at radius 1 is 1.04 bits per heavy atom. The Labute approximate surface area is 153 Å². The minimum absolute atomic E-state index is 0.0441. The van der Waals surface area contributed by atoms with E-state index < -0.39 is 5.82 Å². The Morgan fingerprint density at radius 3 is 2.42 bits per heavy atom. The molecule has 0 aliphatic carbocycles. The summed E-state index contributed by atoms with van der Waals surface area (Å²) in [5.41, 5.74) is 1.46. The first kappa shape index (κ1) is 19.6. The van der Waals surface area contributed by atoms with Crippen molar-refractivity contribution in [3.8, 4) is 0 Å². The molecule has 138 valence electrons. The van der Waals surface area contributed by atoms with Gasteiger partial charge in [0.2, 0.25) is 11.8 Å². The Hall–Kier alpha value is -2.73. The molecule has 1 N–H and O–H groups in total. The summed E-state index contributed by atoms with van der Waals surface area (Å²) >= 11 is 0. The molecule has 0 heterocycles. The summed E-state index contributed by atoms with van der Waals surface area (Å²) in [4.78, 5) is 27.9. The van der Waals surface area contributed by atoms with Crippen molar-refractivity contribution < 1.29 is 14.0 Å². The third-order valence-electron chi connectivity index (χ3n) is 3.88. The van der Waals surface area contributed by atoms with E-state index in [1.165, 1.54) is 18.2 Å². The van der Waals surface area contributed by atoms with E-state index in [1.54, 1.807) is 22.9 Å². The summed E-state index contributed by atoms with van der Waals surface area (Å²) in [7, 11) is 1.71. The van der Waals surface area contributed by atoms with Crippen molar-refractivity contribution in [3.63, 3.8) is 0 Å². The number of halogens is 1. The smallest absolute Gasteiger partial charge is 0.238 e. The third kappa shape index (κ3) is 6.29. The van der Waals surface area contributed by atoms with Gasteiger partial charge in [-0.2, -0.15) is 0 Å². The second-order valence-electron chi connectivity index (χ2n) is 6.12. The molecule has 0 fully saturated rings. The lowest BCUT2D eigenvalue weighted by molar-refractivity contribution is -0.132. The number of carbonyl (C=O) groups is 2. The number of anilines is 1. The molecule has 0 aliphatic heterocycles. The maximum atomic E-state index is 13.1. The molecule has 5 nitrogen and oxygen atoms in total. The standard InChI is InChI=1S/C20H24FN3O2/c1-3-24(13-16-8-5-4-6-9-16)20(26)15-23(2)14-19(25)22-18-11-7-10-17(21)12-18/h4-12H,3,13-15H2,1-2H3,(H,22,25). The van der Waals surface area contributed by atoms with Crippen molar-refractivity contribution in [2.45, 2.75) is 13.5 Å². The van der Waals surface area contributed by atoms with Crippen LogP contribution in [0.25, 0.3) is 0 Å². The second kappa shape index (κ2) is 9.68. The summed E-state index contributed by atoms with van der Waals surface area (Å²) in [5.74, 6) is -0.750. The first-order valence-electron chi connectivity index (χ1n) is 8.53. The van der Waals surface area contributed by atoms with Crippen LogP contribution in [-0.2, 0) is 16.1 Å². The number of nitrogens with one attached hydrogen (secondary N) is 1. The fourth-order valence-corrected chi connectivity index (χ4v) is 2.58. The monoisotopic (exact) mass is 357 g/mol. The summed E-state index contributed by atoms with van der Waals surface area (Å²) in [6.07, 6.45) is 0. The molecule has 26 heavy (non-hydrogen) atoms. The maximum absolute atomic E-state index is 13.1. The number of hydrogen-bond donors (Lipinski definition) is 1. The normalized spacial score (nSPS) is 10.6. The van der Waals surface area contributed by atoms with E-state index in [-0.39, 0.29) is 24.9 Å². The number of likely N-dealkylation sites (N-methyl/N-ethyl adjacent to an activating group) is 2. The predicted octanol–water partition coefficient (Wildman–Crippen LogP) is 2.74. The van der Waals surface area contributed by atoms with Crippen LogP contribution in [0, 0.1) is 5.82 Å². The number of benzene rings is 2. The maximum Gasteiger partial charge on any atom is 0.238 e. The lowest BCUT2D eigenvalue weighted by Gasteiger charge is -2.24. The molecule has 0 aliphatic rings. The van der Waals surface area contributed by atoms with Crippen LogP contribution >= 0.6 is 0 Å². The number of rotatable bonds is 8. The van der Waals surface area contributed by atoms with Crippen molar-refractivity contribution >= 4 is 17.5 Å². The number of nitrogens with zero attached hydrogens (tertiary/aromatic N) is 2. The molecule has 0 aromatic heterocycles. The first-order chi connectivity index (χ1) is 12.5. The largest absolute Gasteiger partial charge is 0.338 e. The van der Waals surface area contributed by atoms with Gasteiger partial charge in [-0.15, -0.1) is 0 Å². The van der Waals surface area contributed by atoms with E-state index in [0.29, 0.717) is 18.8 Å². The molecule has 0 saturated carbocycles. The molecule has 0 radical (unpaired) electrons. The van der Waals surface area contributed by atoms with Crippen LogP contribution in [0.3, 0.4) is 0 Å². The number of amides is 2. The molecule has 2 aromatic carbocycles. The van der Waals surface area contributed by atoms with Gasteiger partial charge >= 0.3 is 0 Å².